The fourth-order valence-corrected chi connectivity index (χ4v) is 4.33. The lowest BCUT2D eigenvalue weighted by molar-refractivity contribution is -0.122. The van der Waals surface area contributed by atoms with Crippen LogP contribution in [0.5, 0.6) is 0 Å². The Morgan fingerprint density at radius 2 is 2.04 bits per heavy atom. The summed E-state index contributed by atoms with van der Waals surface area (Å²) in [6.07, 6.45) is 2.39. The zero-order valence-corrected chi connectivity index (χ0v) is 16.5. The van der Waals surface area contributed by atoms with Crippen LogP contribution in [-0.4, -0.2) is 71.3 Å². The maximum atomic E-state index is 12.9. The molecule has 1 aromatic carbocycles. The highest BCUT2D eigenvalue weighted by molar-refractivity contribution is 6.05. The summed E-state index contributed by atoms with van der Waals surface area (Å²) in [7, 11) is 0. The Balaban J connectivity index is 0.000000706. The number of hydrogen-bond acceptors (Lipinski definition) is 5. The molecule has 8 nitrogen and oxygen atoms in total. The van der Waals surface area contributed by atoms with Gasteiger partial charge in [-0.25, -0.2) is 0 Å². The van der Waals surface area contributed by atoms with E-state index in [-0.39, 0.29) is 18.4 Å². The fourth-order valence-electron chi connectivity index (χ4n) is 4.33. The Hall–Kier alpha value is -2.61. The zero-order chi connectivity index (χ0) is 20.1. The number of carboxylic acid groups (broad SMARTS) is 1. The summed E-state index contributed by atoms with van der Waals surface area (Å²) in [4.78, 5) is 25.9. The molecule has 1 aromatic heterocycles. The molecule has 2 bridgehead atoms. The van der Waals surface area contributed by atoms with Crippen molar-refractivity contribution in [3.8, 4) is 0 Å². The molecule has 3 N–H and O–H groups in total. The Bertz CT molecular complexity index is 809. The second-order valence-corrected chi connectivity index (χ2v) is 7.30. The molecule has 1 amide bonds. The Labute approximate surface area is 164 Å². The first kappa shape index (κ1) is 20.1. The van der Waals surface area contributed by atoms with Crippen molar-refractivity contribution in [3.63, 3.8) is 0 Å². The number of rotatable bonds is 5. The molecular formula is C20H29N5O3. The highest BCUT2D eigenvalue weighted by Gasteiger charge is 2.35. The molecule has 3 fully saturated rings. The van der Waals surface area contributed by atoms with E-state index in [2.05, 4.69) is 51.3 Å². The molecule has 4 heterocycles. The highest BCUT2D eigenvalue weighted by atomic mass is 16.3. The first-order valence-electron chi connectivity index (χ1n) is 9.95. The second kappa shape index (κ2) is 9.05. The van der Waals surface area contributed by atoms with E-state index in [4.69, 9.17) is 9.90 Å². The van der Waals surface area contributed by atoms with Crippen molar-refractivity contribution < 1.29 is 14.7 Å². The van der Waals surface area contributed by atoms with Gasteiger partial charge in [-0.15, -0.1) is 0 Å². The second-order valence-electron chi connectivity index (χ2n) is 7.30. The summed E-state index contributed by atoms with van der Waals surface area (Å²) in [5.74, 6) is 0.562. The van der Waals surface area contributed by atoms with E-state index in [0.29, 0.717) is 11.6 Å². The van der Waals surface area contributed by atoms with Gasteiger partial charge in [-0.3, -0.25) is 14.7 Å². The van der Waals surface area contributed by atoms with Crippen molar-refractivity contribution >= 4 is 29.0 Å². The first-order valence-corrected chi connectivity index (χ1v) is 9.95. The summed E-state index contributed by atoms with van der Waals surface area (Å²) in [5, 5.41) is 18.3. The predicted molar refractivity (Wildman–Crippen MR) is 109 cm³/mol. The van der Waals surface area contributed by atoms with Gasteiger partial charge in [-0.2, -0.15) is 5.10 Å². The van der Waals surface area contributed by atoms with Gasteiger partial charge in [0.25, 0.3) is 12.4 Å². The van der Waals surface area contributed by atoms with Crippen LogP contribution in [0.2, 0.25) is 0 Å². The van der Waals surface area contributed by atoms with E-state index < -0.39 is 0 Å². The molecule has 0 unspecified atom stereocenters. The van der Waals surface area contributed by atoms with Gasteiger partial charge in [0.05, 0.1) is 5.52 Å². The monoisotopic (exact) mass is 387 g/mol. The molecule has 0 saturated carbocycles. The number of carbonyl (C=O) groups is 2. The number of fused-ring (bicyclic) bond motifs is 4. The van der Waals surface area contributed by atoms with Crippen molar-refractivity contribution in [3.05, 3.63) is 23.9 Å². The average Bonchev–Trinajstić information content (AvgIpc) is 3.14. The number of nitrogens with one attached hydrogen (secondary N) is 2. The number of amides is 1. The van der Waals surface area contributed by atoms with E-state index in [1.165, 1.54) is 25.9 Å². The van der Waals surface area contributed by atoms with Gasteiger partial charge in [0.1, 0.15) is 0 Å². The fraction of sp³-hybridized carbons (Fsp3) is 0.550. The van der Waals surface area contributed by atoms with Gasteiger partial charge in [0.15, 0.2) is 5.69 Å². The van der Waals surface area contributed by atoms with Crippen molar-refractivity contribution in [1.82, 2.24) is 20.4 Å². The minimum absolute atomic E-state index is 0.0540. The van der Waals surface area contributed by atoms with Crippen LogP contribution in [-0.2, 0) is 4.79 Å². The van der Waals surface area contributed by atoms with Crippen molar-refractivity contribution in [2.24, 2.45) is 5.92 Å². The third kappa shape index (κ3) is 4.11. The molecule has 152 valence electrons. The van der Waals surface area contributed by atoms with Gasteiger partial charge in [0.2, 0.25) is 0 Å². The van der Waals surface area contributed by atoms with Gasteiger partial charge >= 0.3 is 0 Å². The van der Waals surface area contributed by atoms with E-state index >= 15 is 0 Å². The van der Waals surface area contributed by atoms with Crippen LogP contribution in [0, 0.1) is 5.92 Å². The van der Waals surface area contributed by atoms with Crippen molar-refractivity contribution in [2.75, 3.05) is 37.6 Å². The standard InChI is InChI=1S/C19H27N5O.CH2O2/c1-3-24(4-2)14-5-6-16-15(11-14)18(22-21-16)19(25)20-17-12-23-9-7-13(17)8-10-23;2-1-3/h5-6,11,13,17H,3-4,7-10,12H2,1-2H3,(H,20,25)(H,21,22);1H,(H,2,3)/t17-;/m1./s1. The molecule has 8 heteroatoms. The third-order valence-corrected chi connectivity index (χ3v) is 5.86. The van der Waals surface area contributed by atoms with Crippen LogP contribution in [0.4, 0.5) is 5.69 Å². The van der Waals surface area contributed by atoms with Crippen molar-refractivity contribution in [1.29, 1.82) is 0 Å². The van der Waals surface area contributed by atoms with Crippen molar-refractivity contribution in [2.45, 2.75) is 32.7 Å². The van der Waals surface area contributed by atoms with Gasteiger partial charge < -0.3 is 20.2 Å². The largest absolute Gasteiger partial charge is 0.483 e. The summed E-state index contributed by atoms with van der Waals surface area (Å²) < 4.78 is 0. The van der Waals surface area contributed by atoms with Gasteiger partial charge in [-0.1, -0.05) is 0 Å². The molecule has 5 rings (SSSR count). The molecule has 2 aromatic rings. The number of piperidine rings is 3. The predicted octanol–water partition coefficient (Wildman–Crippen LogP) is 1.93. The first-order chi connectivity index (χ1) is 13.6. The van der Waals surface area contributed by atoms with Gasteiger partial charge in [0, 0.05) is 36.7 Å². The lowest BCUT2D eigenvalue weighted by atomic mass is 9.84. The van der Waals surface area contributed by atoms with Crippen LogP contribution in [0.15, 0.2) is 18.2 Å². The number of hydrogen-bond donors (Lipinski definition) is 3. The quantitative estimate of drug-likeness (QED) is 0.678. The van der Waals surface area contributed by atoms with Crippen LogP contribution >= 0.6 is 0 Å². The molecular weight excluding hydrogens is 358 g/mol. The number of nitrogens with zero attached hydrogens (tertiary/aromatic N) is 3. The zero-order valence-electron chi connectivity index (χ0n) is 16.5. The summed E-state index contributed by atoms with van der Waals surface area (Å²) >= 11 is 0. The number of H-pyrrole nitrogens is 1. The minimum Gasteiger partial charge on any atom is -0.483 e. The SMILES string of the molecule is CCN(CC)c1ccc2[nH]nc(C(=O)N[C@@H]3CN4CCC3CC4)c2c1.O=CO. The number of aromatic amines is 1. The normalized spacial score (nSPS) is 23.0. The molecule has 0 aliphatic carbocycles. The van der Waals surface area contributed by atoms with Crippen LogP contribution in [0.3, 0.4) is 0 Å². The molecule has 28 heavy (non-hydrogen) atoms. The number of aromatic nitrogens is 2. The number of carbonyl (C=O) groups excluding carboxylic acids is 1. The van der Waals surface area contributed by atoms with Crippen LogP contribution < -0.4 is 10.2 Å². The summed E-state index contributed by atoms with van der Waals surface area (Å²) in [5.41, 5.74) is 2.56. The molecule has 3 saturated heterocycles. The third-order valence-electron chi connectivity index (χ3n) is 5.86. The summed E-state index contributed by atoms with van der Waals surface area (Å²) in [6.45, 7) is 9.25. The van der Waals surface area contributed by atoms with E-state index in [1.807, 2.05) is 6.07 Å². The highest BCUT2D eigenvalue weighted by Crippen LogP contribution is 2.28. The molecule has 3 aliphatic rings. The Kier molecular flexibility index (Phi) is 6.51. The number of anilines is 1. The maximum Gasteiger partial charge on any atom is 0.290 e. The molecule has 3 aliphatic heterocycles. The molecule has 0 radical (unpaired) electrons. The maximum absolute atomic E-state index is 12.9. The minimum atomic E-state index is -0.250. The Morgan fingerprint density at radius 3 is 2.61 bits per heavy atom. The smallest absolute Gasteiger partial charge is 0.290 e. The Morgan fingerprint density at radius 1 is 1.36 bits per heavy atom. The van der Waals surface area contributed by atoms with E-state index in [1.54, 1.807) is 0 Å². The molecule has 0 spiro atoms. The van der Waals surface area contributed by atoms with Crippen LogP contribution in [0.25, 0.3) is 10.9 Å². The number of benzene rings is 1. The van der Waals surface area contributed by atoms with Crippen LogP contribution in [0.1, 0.15) is 37.2 Å². The van der Waals surface area contributed by atoms with E-state index in [0.717, 1.165) is 36.2 Å². The average molecular weight is 387 g/mol. The van der Waals surface area contributed by atoms with Gasteiger partial charge in [-0.05, 0) is 63.9 Å². The topological polar surface area (TPSA) is 102 Å². The molecule has 1 atom stereocenters. The lowest BCUT2D eigenvalue weighted by Crippen LogP contribution is -2.57. The van der Waals surface area contributed by atoms with E-state index in [9.17, 15) is 4.79 Å². The summed E-state index contributed by atoms with van der Waals surface area (Å²) in [6, 6.07) is 6.44. The lowest BCUT2D eigenvalue weighted by Gasteiger charge is -2.44.